The highest BCUT2D eigenvalue weighted by atomic mass is 16.4. The second-order valence-electron chi connectivity index (χ2n) is 2.57. The molecule has 2 atom stereocenters. The first-order chi connectivity index (χ1) is 5.86. The lowest BCUT2D eigenvalue weighted by molar-refractivity contribution is -0.154. The molecule has 13 heavy (non-hydrogen) atoms. The molecule has 0 radical (unpaired) electrons. The number of aliphatic carboxylic acids is 2. The zero-order chi connectivity index (χ0) is 10.6. The van der Waals surface area contributed by atoms with Crippen LogP contribution in [0, 0.1) is 5.92 Å². The number of carboxylic acids is 2. The molecule has 0 aromatic heterocycles. The van der Waals surface area contributed by atoms with Crippen LogP contribution in [-0.4, -0.2) is 39.1 Å². The van der Waals surface area contributed by atoms with E-state index in [9.17, 15) is 14.4 Å². The van der Waals surface area contributed by atoms with Crippen LogP contribution in [-0.2, 0) is 14.4 Å². The summed E-state index contributed by atoms with van der Waals surface area (Å²) >= 11 is 0. The third-order valence-corrected chi connectivity index (χ3v) is 1.43. The van der Waals surface area contributed by atoms with Crippen LogP contribution in [0.4, 0.5) is 0 Å². The minimum absolute atomic E-state index is 0.806. The minimum Gasteiger partial charge on any atom is -0.481 e. The summed E-state index contributed by atoms with van der Waals surface area (Å²) in [7, 11) is 0. The van der Waals surface area contributed by atoms with E-state index in [-0.39, 0.29) is 0 Å². The molecule has 6 heteroatoms. The molecule has 0 saturated heterocycles. The van der Waals surface area contributed by atoms with Gasteiger partial charge in [0.1, 0.15) is 12.0 Å². The first kappa shape index (κ1) is 11.6. The van der Waals surface area contributed by atoms with Gasteiger partial charge in [0.15, 0.2) is 5.78 Å². The van der Waals surface area contributed by atoms with E-state index in [0.29, 0.717) is 0 Å². The van der Waals surface area contributed by atoms with Crippen molar-refractivity contribution in [2.45, 2.75) is 19.4 Å². The first-order valence-corrected chi connectivity index (χ1v) is 3.52. The molecule has 0 bridgehead atoms. The normalized spacial score (nSPS) is 14.6. The fourth-order valence-electron chi connectivity index (χ4n) is 0.775. The molecule has 0 aromatic carbocycles. The van der Waals surface area contributed by atoms with Gasteiger partial charge < -0.3 is 15.3 Å². The van der Waals surface area contributed by atoms with Gasteiger partial charge in [-0.1, -0.05) is 0 Å². The van der Waals surface area contributed by atoms with Gasteiger partial charge >= 0.3 is 11.9 Å². The number of hydrogen-bond acceptors (Lipinski definition) is 4. The summed E-state index contributed by atoms with van der Waals surface area (Å²) in [4.78, 5) is 31.5. The summed E-state index contributed by atoms with van der Waals surface area (Å²) in [5.74, 6) is -5.58. The van der Waals surface area contributed by atoms with Crippen LogP contribution >= 0.6 is 0 Å². The Kier molecular flexibility index (Phi) is 4.06. The molecule has 0 aliphatic rings. The Morgan fingerprint density at radius 3 is 1.92 bits per heavy atom. The molecule has 0 spiro atoms. The highest BCUT2D eigenvalue weighted by molar-refractivity contribution is 6.02. The third kappa shape index (κ3) is 3.66. The minimum atomic E-state index is -1.67. The van der Waals surface area contributed by atoms with Crippen molar-refractivity contribution in [3.8, 4) is 0 Å². The highest BCUT2D eigenvalue weighted by Gasteiger charge is 2.31. The van der Waals surface area contributed by atoms with E-state index in [0.717, 1.165) is 6.92 Å². The van der Waals surface area contributed by atoms with Gasteiger partial charge in [-0.15, -0.1) is 0 Å². The van der Waals surface area contributed by atoms with Crippen molar-refractivity contribution in [2.24, 2.45) is 5.92 Å². The number of rotatable bonds is 5. The van der Waals surface area contributed by atoms with Gasteiger partial charge in [0.2, 0.25) is 0 Å². The molecule has 0 heterocycles. The van der Waals surface area contributed by atoms with Crippen molar-refractivity contribution < 1.29 is 29.7 Å². The Hall–Kier alpha value is -1.43. The van der Waals surface area contributed by atoms with Gasteiger partial charge in [0.25, 0.3) is 0 Å². The Balaban J connectivity index is 4.52. The highest BCUT2D eigenvalue weighted by Crippen LogP contribution is 2.07. The zero-order valence-electron chi connectivity index (χ0n) is 6.93. The van der Waals surface area contributed by atoms with Gasteiger partial charge in [-0.3, -0.25) is 14.4 Å². The SMILES string of the molecule is CC(O)C(=O)C(CC(=O)O)C(=O)O. The molecule has 3 N–H and O–H groups in total. The maximum absolute atomic E-state index is 10.9. The Morgan fingerprint density at radius 2 is 1.69 bits per heavy atom. The Morgan fingerprint density at radius 1 is 1.23 bits per heavy atom. The van der Waals surface area contributed by atoms with Gasteiger partial charge in [-0.2, -0.15) is 0 Å². The monoisotopic (exact) mass is 190 g/mol. The van der Waals surface area contributed by atoms with Crippen LogP contribution in [0.15, 0.2) is 0 Å². The van der Waals surface area contributed by atoms with Crippen molar-refractivity contribution in [3.63, 3.8) is 0 Å². The smallest absolute Gasteiger partial charge is 0.314 e. The average Bonchev–Trinajstić information content (AvgIpc) is 1.97. The van der Waals surface area contributed by atoms with Crippen LogP contribution in [0.25, 0.3) is 0 Å². The molecule has 2 unspecified atom stereocenters. The summed E-state index contributed by atoms with van der Waals surface area (Å²) in [6, 6.07) is 0. The van der Waals surface area contributed by atoms with Crippen LogP contribution < -0.4 is 0 Å². The molecule has 74 valence electrons. The van der Waals surface area contributed by atoms with E-state index in [1.54, 1.807) is 0 Å². The zero-order valence-corrected chi connectivity index (χ0v) is 6.93. The lowest BCUT2D eigenvalue weighted by Gasteiger charge is -2.09. The van der Waals surface area contributed by atoms with Gasteiger partial charge in [0.05, 0.1) is 6.42 Å². The third-order valence-electron chi connectivity index (χ3n) is 1.43. The quantitative estimate of drug-likeness (QED) is 0.485. The molecular weight excluding hydrogens is 180 g/mol. The molecule has 0 amide bonds. The maximum atomic E-state index is 10.9. The molecule has 0 fully saturated rings. The second kappa shape index (κ2) is 4.56. The number of carbonyl (C=O) groups is 3. The molecule has 0 saturated carbocycles. The fourth-order valence-corrected chi connectivity index (χ4v) is 0.775. The Bertz CT molecular complexity index is 231. The molecule has 6 nitrogen and oxygen atoms in total. The fraction of sp³-hybridized carbons (Fsp3) is 0.571. The Labute approximate surface area is 73.8 Å². The second-order valence-corrected chi connectivity index (χ2v) is 2.57. The molecule has 0 aliphatic heterocycles. The average molecular weight is 190 g/mol. The van der Waals surface area contributed by atoms with E-state index >= 15 is 0 Å². The number of hydrogen-bond donors (Lipinski definition) is 3. The lowest BCUT2D eigenvalue weighted by Crippen LogP contribution is -2.33. The van der Waals surface area contributed by atoms with Crippen molar-refractivity contribution in [1.29, 1.82) is 0 Å². The topological polar surface area (TPSA) is 112 Å². The van der Waals surface area contributed by atoms with Crippen molar-refractivity contribution in [1.82, 2.24) is 0 Å². The lowest BCUT2D eigenvalue weighted by atomic mass is 9.97. The van der Waals surface area contributed by atoms with E-state index in [1.165, 1.54) is 0 Å². The first-order valence-electron chi connectivity index (χ1n) is 3.52. The molecular formula is C7H10O6. The maximum Gasteiger partial charge on any atom is 0.314 e. The standard InChI is InChI=1S/C7H10O6/c1-3(8)6(11)4(7(12)13)2-5(9)10/h3-4,8H,2H2,1H3,(H,9,10)(H,12,13). The van der Waals surface area contributed by atoms with E-state index < -0.39 is 36.2 Å². The molecule has 0 aromatic rings. The summed E-state index contributed by atoms with van der Waals surface area (Å²) in [6.45, 7) is 1.10. The number of aliphatic hydroxyl groups excluding tert-OH is 1. The van der Waals surface area contributed by atoms with Gasteiger partial charge in [-0.25, -0.2) is 0 Å². The van der Waals surface area contributed by atoms with Crippen LogP contribution in [0.2, 0.25) is 0 Å². The number of Topliss-reactive ketones (excluding diaryl/α,β-unsaturated/α-hetero) is 1. The van der Waals surface area contributed by atoms with Crippen molar-refractivity contribution >= 4 is 17.7 Å². The van der Waals surface area contributed by atoms with E-state index in [1.807, 2.05) is 0 Å². The number of aliphatic hydroxyl groups is 1. The number of ketones is 1. The largest absolute Gasteiger partial charge is 0.481 e. The van der Waals surface area contributed by atoms with Crippen LogP contribution in [0.3, 0.4) is 0 Å². The van der Waals surface area contributed by atoms with E-state index in [2.05, 4.69) is 0 Å². The van der Waals surface area contributed by atoms with Crippen molar-refractivity contribution in [2.75, 3.05) is 0 Å². The molecule has 0 aliphatic carbocycles. The summed E-state index contributed by atoms with van der Waals surface area (Å²) in [5, 5.41) is 25.5. The number of carbonyl (C=O) groups excluding carboxylic acids is 1. The molecule has 0 rings (SSSR count). The van der Waals surface area contributed by atoms with Crippen LogP contribution in [0.5, 0.6) is 0 Å². The predicted molar refractivity (Wildman–Crippen MR) is 40.1 cm³/mol. The van der Waals surface area contributed by atoms with Gasteiger partial charge in [-0.05, 0) is 6.92 Å². The van der Waals surface area contributed by atoms with E-state index in [4.69, 9.17) is 15.3 Å². The van der Waals surface area contributed by atoms with Crippen molar-refractivity contribution in [3.05, 3.63) is 0 Å². The number of carboxylic acid groups (broad SMARTS) is 2. The summed E-state index contributed by atoms with van der Waals surface area (Å²) in [5.41, 5.74) is 0. The van der Waals surface area contributed by atoms with Crippen LogP contribution in [0.1, 0.15) is 13.3 Å². The predicted octanol–water partition coefficient (Wildman–Crippen LogP) is -0.888. The summed E-state index contributed by atoms with van der Waals surface area (Å²) in [6.07, 6.45) is -2.26. The van der Waals surface area contributed by atoms with Gasteiger partial charge in [0, 0.05) is 0 Å². The summed E-state index contributed by atoms with van der Waals surface area (Å²) < 4.78 is 0.